The van der Waals surface area contributed by atoms with Crippen molar-refractivity contribution in [1.82, 2.24) is 0 Å². The molecule has 0 bridgehead atoms. The molecule has 2 heteroatoms. The maximum Gasteiger partial charge on any atom is 0.169 e. The van der Waals surface area contributed by atoms with Gasteiger partial charge in [-0.25, -0.2) is 0 Å². The molecular formula is C18H22OS. The van der Waals surface area contributed by atoms with Crippen LogP contribution in [0.3, 0.4) is 0 Å². The van der Waals surface area contributed by atoms with Gasteiger partial charge in [-0.05, 0) is 47.9 Å². The van der Waals surface area contributed by atoms with Gasteiger partial charge in [0.25, 0.3) is 0 Å². The maximum absolute atomic E-state index is 12.6. The van der Waals surface area contributed by atoms with E-state index in [1.54, 1.807) is 11.3 Å². The number of benzene rings is 1. The summed E-state index contributed by atoms with van der Waals surface area (Å²) in [6.07, 6.45) is 1.83. The van der Waals surface area contributed by atoms with Crippen LogP contribution < -0.4 is 0 Å². The third-order valence-electron chi connectivity index (χ3n) is 3.85. The minimum atomic E-state index is -0.363. The third kappa shape index (κ3) is 3.18. The van der Waals surface area contributed by atoms with Gasteiger partial charge in [0, 0.05) is 16.4 Å². The number of aryl methyl sites for hydroxylation is 2. The summed E-state index contributed by atoms with van der Waals surface area (Å²) < 4.78 is 0. The number of Topliss-reactive ketones (excluding diaryl/α,β-unsaturated/α-hetero) is 1. The smallest absolute Gasteiger partial charge is 0.169 e. The minimum Gasteiger partial charge on any atom is -0.294 e. The maximum atomic E-state index is 12.6. The fourth-order valence-electron chi connectivity index (χ4n) is 2.48. The van der Waals surface area contributed by atoms with Gasteiger partial charge >= 0.3 is 0 Å². The number of carbonyl (C=O) groups is 1. The summed E-state index contributed by atoms with van der Waals surface area (Å²) in [6.45, 7) is 8.38. The fourth-order valence-corrected chi connectivity index (χ4v) is 3.11. The van der Waals surface area contributed by atoms with Crippen molar-refractivity contribution in [3.05, 3.63) is 57.3 Å². The van der Waals surface area contributed by atoms with Crippen molar-refractivity contribution in [2.24, 2.45) is 5.41 Å². The van der Waals surface area contributed by atoms with Crippen LogP contribution in [0.25, 0.3) is 0 Å². The SMILES string of the molecule is CCc1ccc(C)c(CC(C)(C)C(=O)c2ccsc2)c1. The summed E-state index contributed by atoms with van der Waals surface area (Å²) in [4.78, 5) is 12.6. The van der Waals surface area contributed by atoms with Gasteiger partial charge in [-0.1, -0.05) is 39.0 Å². The van der Waals surface area contributed by atoms with Crippen LogP contribution in [0.4, 0.5) is 0 Å². The molecule has 20 heavy (non-hydrogen) atoms. The van der Waals surface area contributed by atoms with Crippen LogP contribution in [0.1, 0.15) is 47.8 Å². The topological polar surface area (TPSA) is 17.1 Å². The number of rotatable bonds is 5. The van der Waals surface area contributed by atoms with Gasteiger partial charge in [0.15, 0.2) is 5.78 Å². The van der Waals surface area contributed by atoms with E-state index in [2.05, 4.69) is 32.0 Å². The zero-order valence-electron chi connectivity index (χ0n) is 12.7. The second-order valence-corrected chi connectivity index (χ2v) is 6.80. The van der Waals surface area contributed by atoms with Gasteiger partial charge in [-0.3, -0.25) is 4.79 Å². The summed E-state index contributed by atoms with van der Waals surface area (Å²) in [7, 11) is 0. The fraction of sp³-hybridized carbons (Fsp3) is 0.389. The average molecular weight is 286 g/mol. The van der Waals surface area contributed by atoms with E-state index in [0.29, 0.717) is 0 Å². The highest BCUT2D eigenvalue weighted by molar-refractivity contribution is 7.08. The molecule has 0 saturated carbocycles. The highest BCUT2D eigenvalue weighted by atomic mass is 32.1. The van der Waals surface area contributed by atoms with Crippen molar-refractivity contribution in [2.45, 2.75) is 40.5 Å². The van der Waals surface area contributed by atoms with Crippen LogP contribution in [0.2, 0.25) is 0 Å². The van der Waals surface area contributed by atoms with Crippen LogP contribution in [-0.4, -0.2) is 5.78 Å². The molecule has 1 aromatic heterocycles. The molecule has 1 nitrogen and oxygen atoms in total. The van der Waals surface area contributed by atoms with Gasteiger partial charge in [0.05, 0.1) is 0 Å². The van der Waals surface area contributed by atoms with Gasteiger partial charge in [0.2, 0.25) is 0 Å². The molecule has 0 unspecified atom stereocenters. The molecule has 0 amide bonds. The van der Waals surface area contributed by atoms with E-state index in [0.717, 1.165) is 18.4 Å². The molecule has 0 aliphatic carbocycles. The number of hydrogen-bond acceptors (Lipinski definition) is 2. The predicted octanol–water partition coefficient (Wildman–Crippen LogP) is 5.07. The van der Waals surface area contributed by atoms with Crippen molar-refractivity contribution >= 4 is 17.1 Å². The van der Waals surface area contributed by atoms with E-state index in [1.807, 2.05) is 30.7 Å². The van der Waals surface area contributed by atoms with E-state index < -0.39 is 0 Å². The van der Waals surface area contributed by atoms with Crippen molar-refractivity contribution in [3.63, 3.8) is 0 Å². The molecule has 2 aromatic rings. The van der Waals surface area contributed by atoms with Crippen LogP contribution in [0.5, 0.6) is 0 Å². The lowest BCUT2D eigenvalue weighted by Gasteiger charge is -2.24. The molecule has 0 aliphatic rings. The summed E-state index contributed by atoms with van der Waals surface area (Å²) in [5, 5.41) is 3.91. The van der Waals surface area contributed by atoms with Crippen molar-refractivity contribution < 1.29 is 4.79 Å². The third-order valence-corrected chi connectivity index (χ3v) is 4.54. The lowest BCUT2D eigenvalue weighted by molar-refractivity contribution is 0.0838. The van der Waals surface area contributed by atoms with Gasteiger partial charge in [0.1, 0.15) is 0 Å². The molecule has 0 radical (unpaired) electrons. The standard InChI is InChI=1S/C18H22OS/c1-5-14-7-6-13(2)16(10-14)11-18(3,4)17(19)15-8-9-20-12-15/h6-10,12H,5,11H2,1-4H3. The Morgan fingerprint density at radius 2 is 2.00 bits per heavy atom. The number of thiophene rings is 1. The van der Waals surface area contributed by atoms with E-state index in [4.69, 9.17) is 0 Å². The Balaban J connectivity index is 2.26. The Kier molecular flexibility index (Phi) is 4.44. The first-order valence-corrected chi connectivity index (χ1v) is 8.03. The summed E-state index contributed by atoms with van der Waals surface area (Å²) in [5.41, 5.74) is 4.37. The highest BCUT2D eigenvalue weighted by Gasteiger charge is 2.29. The van der Waals surface area contributed by atoms with Crippen LogP contribution in [-0.2, 0) is 12.8 Å². The number of carbonyl (C=O) groups excluding carboxylic acids is 1. The molecule has 1 aromatic carbocycles. The van der Waals surface area contributed by atoms with Crippen molar-refractivity contribution in [1.29, 1.82) is 0 Å². The zero-order chi connectivity index (χ0) is 14.8. The monoisotopic (exact) mass is 286 g/mol. The Labute approximate surface area is 125 Å². The van der Waals surface area contributed by atoms with Crippen molar-refractivity contribution in [2.75, 3.05) is 0 Å². The first kappa shape index (κ1) is 15.0. The van der Waals surface area contributed by atoms with Crippen molar-refractivity contribution in [3.8, 4) is 0 Å². The average Bonchev–Trinajstić information content (AvgIpc) is 2.94. The molecule has 2 rings (SSSR count). The Morgan fingerprint density at radius 1 is 1.25 bits per heavy atom. The zero-order valence-corrected chi connectivity index (χ0v) is 13.5. The van der Waals surface area contributed by atoms with E-state index in [9.17, 15) is 4.79 Å². The lowest BCUT2D eigenvalue weighted by atomic mass is 9.78. The Bertz CT molecular complexity index is 594. The Hall–Kier alpha value is -1.41. The molecule has 0 atom stereocenters. The highest BCUT2D eigenvalue weighted by Crippen LogP contribution is 2.29. The number of hydrogen-bond donors (Lipinski definition) is 0. The molecule has 106 valence electrons. The van der Waals surface area contributed by atoms with Gasteiger partial charge in [-0.2, -0.15) is 11.3 Å². The van der Waals surface area contributed by atoms with Crippen LogP contribution in [0.15, 0.2) is 35.0 Å². The molecular weight excluding hydrogens is 264 g/mol. The van der Waals surface area contributed by atoms with Crippen LogP contribution in [0, 0.1) is 12.3 Å². The van der Waals surface area contributed by atoms with E-state index in [-0.39, 0.29) is 11.2 Å². The number of ketones is 1. The molecule has 0 saturated heterocycles. The molecule has 0 fully saturated rings. The van der Waals surface area contributed by atoms with Crippen LogP contribution >= 0.6 is 11.3 Å². The Morgan fingerprint density at radius 3 is 2.60 bits per heavy atom. The second kappa shape index (κ2) is 5.92. The summed E-state index contributed by atoms with van der Waals surface area (Å²) >= 11 is 1.58. The molecule has 0 aliphatic heterocycles. The molecule has 1 heterocycles. The predicted molar refractivity (Wildman–Crippen MR) is 86.7 cm³/mol. The van der Waals surface area contributed by atoms with E-state index in [1.165, 1.54) is 16.7 Å². The molecule has 0 N–H and O–H groups in total. The largest absolute Gasteiger partial charge is 0.294 e. The summed E-state index contributed by atoms with van der Waals surface area (Å²) in [5.74, 6) is 0.236. The quantitative estimate of drug-likeness (QED) is 0.701. The van der Waals surface area contributed by atoms with Gasteiger partial charge < -0.3 is 0 Å². The van der Waals surface area contributed by atoms with E-state index >= 15 is 0 Å². The first-order valence-electron chi connectivity index (χ1n) is 7.09. The lowest BCUT2D eigenvalue weighted by Crippen LogP contribution is -2.27. The normalized spacial score (nSPS) is 11.6. The molecule has 0 spiro atoms. The minimum absolute atomic E-state index is 0.236. The first-order chi connectivity index (χ1) is 9.44. The van der Waals surface area contributed by atoms with Gasteiger partial charge in [-0.15, -0.1) is 0 Å². The second-order valence-electron chi connectivity index (χ2n) is 6.02. The summed E-state index contributed by atoms with van der Waals surface area (Å²) in [6, 6.07) is 8.51.